The molecule has 0 unspecified atom stereocenters. The summed E-state index contributed by atoms with van der Waals surface area (Å²) in [6.45, 7) is 5.82. The summed E-state index contributed by atoms with van der Waals surface area (Å²) in [4.78, 5) is 17.3. The summed E-state index contributed by atoms with van der Waals surface area (Å²) in [7, 11) is 1.79. The predicted octanol–water partition coefficient (Wildman–Crippen LogP) is 1.94. The number of aliphatic hydroxyl groups is 1. The number of hydrogen-bond donors (Lipinski definition) is 2. The summed E-state index contributed by atoms with van der Waals surface area (Å²) in [5.41, 5.74) is 0.136. The smallest absolute Gasteiger partial charge is 0.335 e. The molecule has 2 N–H and O–H groups in total. The number of nitrogens with zero attached hydrogens (tertiary/aromatic N) is 2. The van der Waals surface area contributed by atoms with Gasteiger partial charge in [0, 0.05) is 19.3 Å². The van der Waals surface area contributed by atoms with Crippen LogP contribution in [0.5, 0.6) is 0 Å². The number of carboxylic acid groups (broad SMARTS) is 1. The lowest BCUT2D eigenvalue weighted by Crippen LogP contribution is -2.36. The molecular weight excluding hydrogens is 244 g/mol. The average molecular weight is 266 g/mol. The van der Waals surface area contributed by atoms with Crippen molar-refractivity contribution in [3.63, 3.8) is 0 Å². The molecule has 0 spiro atoms. The van der Waals surface area contributed by atoms with Gasteiger partial charge in [-0.25, -0.2) is 9.78 Å². The van der Waals surface area contributed by atoms with Crippen molar-refractivity contribution in [2.24, 2.45) is 0 Å². The summed E-state index contributed by atoms with van der Waals surface area (Å²) in [6, 6.07) is 3.14. The fourth-order valence-corrected chi connectivity index (χ4v) is 1.94. The molecule has 0 atom stereocenters. The minimum absolute atomic E-state index is 0.232. The van der Waals surface area contributed by atoms with E-state index < -0.39 is 11.6 Å². The normalized spacial score (nSPS) is 11.4. The second-order valence-electron chi connectivity index (χ2n) is 5.43. The lowest BCUT2D eigenvalue weighted by atomic mass is 10.1. The van der Waals surface area contributed by atoms with Gasteiger partial charge >= 0.3 is 5.97 Å². The summed E-state index contributed by atoms with van der Waals surface area (Å²) in [5, 5.41) is 18.9. The molecule has 0 saturated carbocycles. The summed E-state index contributed by atoms with van der Waals surface area (Å²) in [5.74, 6) is -0.386. The molecule has 5 nitrogen and oxygen atoms in total. The van der Waals surface area contributed by atoms with E-state index in [-0.39, 0.29) is 5.56 Å². The molecule has 1 heterocycles. The predicted molar refractivity (Wildman–Crippen MR) is 74.8 cm³/mol. The van der Waals surface area contributed by atoms with Crippen LogP contribution >= 0.6 is 0 Å². The number of likely N-dealkylation sites (N-methyl/N-ethyl adjacent to an activating group) is 1. The van der Waals surface area contributed by atoms with Gasteiger partial charge in [0.05, 0.1) is 11.2 Å². The fourth-order valence-electron chi connectivity index (χ4n) is 1.94. The first kappa shape index (κ1) is 15.4. The van der Waals surface area contributed by atoms with Crippen LogP contribution in [0.2, 0.25) is 0 Å². The molecule has 1 rings (SSSR count). The van der Waals surface area contributed by atoms with Crippen LogP contribution in [-0.4, -0.2) is 40.4 Å². The Morgan fingerprint density at radius 1 is 1.42 bits per heavy atom. The van der Waals surface area contributed by atoms with Crippen molar-refractivity contribution < 1.29 is 15.0 Å². The van der Waals surface area contributed by atoms with Crippen molar-refractivity contribution >= 4 is 11.8 Å². The maximum Gasteiger partial charge on any atom is 0.335 e. The molecule has 1 aromatic rings. The maximum absolute atomic E-state index is 11.1. The van der Waals surface area contributed by atoms with Crippen LogP contribution in [0.15, 0.2) is 12.1 Å². The van der Waals surface area contributed by atoms with E-state index in [4.69, 9.17) is 5.11 Å². The van der Waals surface area contributed by atoms with Gasteiger partial charge in [0.25, 0.3) is 0 Å². The zero-order valence-electron chi connectivity index (χ0n) is 12.0. The zero-order valence-corrected chi connectivity index (χ0v) is 12.0. The van der Waals surface area contributed by atoms with E-state index in [1.165, 1.54) is 6.07 Å². The number of aromatic nitrogens is 1. The van der Waals surface area contributed by atoms with E-state index >= 15 is 0 Å². The zero-order chi connectivity index (χ0) is 14.6. The van der Waals surface area contributed by atoms with Gasteiger partial charge in [0.2, 0.25) is 0 Å². The average Bonchev–Trinajstić information content (AvgIpc) is 2.26. The highest BCUT2D eigenvalue weighted by Crippen LogP contribution is 2.17. The Labute approximate surface area is 113 Å². The van der Waals surface area contributed by atoms with Crippen LogP contribution < -0.4 is 4.90 Å². The van der Waals surface area contributed by atoms with Gasteiger partial charge < -0.3 is 15.1 Å². The van der Waals surface area contributed by atoms with Crippen molar-refractivity contribution in [3.8, 4) is 0 Å². The fraction of sp³-hybridized carbons (Fsp3) is 0.571. The first-order valence-corrected chi connectivity index (χ1v) is 6.40. The Morgan fingerprint density at radius 2 is 2.05 bits per heavy atom. The lowest BCUT2D eigenvalue weighted by molar-refractivity contribution is 0.0696. The van der Waals surface area contributed by atoms with Gasteiger partial charge in [0.15, 0.2) is 0 Å². The second-order valence-corrected chi connectivity index (χ2v) is 5.43. The minimum atomic E-state index is -0.960. The lowest BCUT2D eigenvalue weighted by Gasteiger charge is -2.26. The minimum Gasteiger partial charge on any atom is -0.478 e. The Hall–Kier alpha value is -1.62. The third-order valence-electron chi connectivity index (χ3n) is 2.63. The molecule has 0 aliphatic rings. The number of hydrogen-bond acceptors (Lipinski definition) is 4. The third-order valence-corrected chi connectivity index (χ3v) is 2.63. The van der Waals surface area contributed by atoms with E-state index in [1.807, 2.05) is 6.92 Å². The van der Waals surface area contributed by atoms with Crippen molar-refractivity contribution in [2.75, 3.05) is 18.5 Å². The SMILES string of the molecule is CCCc1cc(C(=O)O)cc(N(C)CC(C)(C)O)n1. The Bertz CT molecular complexity index is 452. The van der Waals surface area contributed by atoms with E-state index in [2.05, 4.69) is 4.98 Å². The van der Waals surface area contributed by atoms with Gasteiger partial charge in [-0.1, -0.05) is 13.3 Å². The highest BCUT2D eigenvalue weighted by Gasteiger charge is 2.18. The molecule has 0 aromatic carbocycles. The standard InChI is InChI=1S/C14H22N2O3/c1-5-6-11-7-10(13(17)18)8-12(15-11)16(4)9-14(2,3)19/h7-8,19H,5-6,9H2,1-4H3,(H,17,18). The van der Waals surface area contributed by atoms with Crippen LogP contribution in [0.4, 0.5) is 5.82 Å². The highest BCUT2D eigenvalue weighted by molar-refractivity contribution is 5.88. The highest BCUT2D eigenvalue weighted by atomic mass is 16.4. The Balaban J connectivity index is 3.08. The summed E-state index contributed by atoms with van der Waals surface area (Å²) in [6.07, 6.45) is 1.65. The molecular formula is C14H22N2O3. The molecule has 5 heteroatoms. The first-order chi connectivity index (χ1) is 8.73. The molecule has 0 fully saturated rings. The van der Waals surface area contributed by atoms with Gasteiger partial charge in [0.1, 0.15) is 5.82 Å². The monoisotopic (exact) mass is 266 g/mol. The second kappa shape index (κ2) is 6.02. The third kappa shape index (κ3) is 4.87. The number of pyridine rings is 1. The number of anilines is 1. The molecule has 0 saturated heterocycles. The molecule has 0 aliphatic heterocycles. The number of carbonyl (C=O) groups is 1. The van der Waals surface area contributed by atoms with Gasteiger partial charge in [-0.05, 0) is 32.4 Å². The van der Waals surface area contributed by atoms with Gasteiger partial charge in [-0.15, -0.1) is 0 Å². The number of aryl methyl sites for hydroxylation is 1. The van der Waals surface area contributed by atoms with Gasteiger partial charge in [-0.2, -0.15) is 0 Å². The van der Waals surface area contributed by atoms with Crippen molar-refractivity contribution in [1.29, 1.82) is 0 Å². The molecule has 19 heavy (non-hydrogen) atoms. The number of carboxylic acids is 1. The molecule has 106 valence electrons. The summed E-state index contributed by atoms with van der Waals surface area (Å²) >= 11 is 0. The number of aromatic carboxylic acids is 1. The molecule has 0 amide bonds. The van der Waals surface area contributed by atoms with Crippen LogP contribution in [0.25, 0.3) is 0 Å². The Morgan fingerprint density at radius 3 is 2.53 bits per heavy atom. The molecule has 0 bridgehead atoms. The molecule has 0 radical (unpaired) electrons. The van der Waals surface area contributed by atoms with Crippen LogP contribution in [0.3, 0.4) is 0 Å². The van der Waals surface area contributed by atoms with E-state index in [0.717, 1.165) is 18.5 Å². The van der Waals surface area contributed by atoms with Crippen molar-refractivity contribution in [1.82, 2.24) is 4.98 Å². The van der Waals surface area contributed by atoms with E-state index in [9.17, 15) is 9.90 Å². The summed E-state index contributed by atoms with van der Waals surface area (Å²) < 4.78 is 0. The van der Waals surface area contributed by atoms with E-state index in [0.29, 0.717) is 12.4 Å². The molecule has 1 aromatic heterocycles. The number of rotatable bonds is 6. The van der Waals surface area contributed by atoms with Crippen LogP contribution in [0, 0.1) is 0 Å². The quantitative estimate of drug-likeness (QED) is 0.823. The first-order valence-electron chi connectivity index (χ1n) is 6.40. The van der Waals surface area contributed by atoms with Gasteiger partial charge in [-0.3, -0.25) is 0 Å². The Kier molecular flexibility index (Phi) is 4.89. The molecule has 0 aliphatic carbocycles. The van der Waals surface area contributed by atoms with Crippen molar-refractivity contribution in [3.05, 3.63) is 23.4 Å². The maximum atomic E-state index is 11.1. The topological polar surface area (TPSA) is 73.7 Å². The van der Waals surface area contributed by atoms with E-state index in [1.54, 1.807) is 31.9 Å². The largest absolute Gasteiger partial charge is 0.478 e. The van der Waals surface area contributed by atoms with Crippen LogP contribution in [-0.2, 0) is 6.42 Å². The van der Waals surface area contributed by atoms with Crippen molar-refractivity contribution in [2.45, 2.75) is 39.2 Å². The van der Waals surface area contributed by atoms with Crippen LogP contribution in [0.1, 0.15) is 43.2 Å².